The molecule has 2 fully saturated rings. The standard InChI is InChI=1S/C70H157N31O6/c1-52(2)35-59(39-86-29-32-88-57(11-6-20-93-70(79)80)47-100-33-8-13-64(100)46-99-55(10-5-19-92-69(77)78)41-96-58(37-71)36-67(74)107)89-30-27-83-22-21-82-23-25-85-38-54(9-4-18-91-68(75)76)94-44-61(50-103)97-42-56(15-17-66(73)106)95-43-60(49-102)90-31-28-84-24-26-87-45-63-12-7-34-101(63)48-62(51-104)98-40-53(81-3)14-16-65(72)105/h52-64,81-90,94-99,102-104H,4-51,71H2,1-3H3,(H2,72,105)(H2,73,106)(H2,74,107)(H4,75,76,91)(H4,77,78,92)(H4,79,80,93). The number of nitrogens with zero attached hydrogens (tertiary/aromatic N) is 5. The first-order valence-corrected chi connectivity index (χ1v) is 40.2. The Morgan fingerprint density at radius 2 is 0.776 bits per heavy atom. The number of primary amides is 3. The fourth-order valence-corrected chi connectivity index (χ4v) is 13.6. The van der Waals surface area contributed by atoms with E-state index in [0.29, 0.717) is 115 Å². The second kappa shape index (κ2) is 64.9. The average Bonchev–Trinajstić information content (AvgIpc) is 1.75. The molecule has 0 aromatic carbocycles. The number of guanidine groups is 3. The number of aliphatic hydroxyl groups excluding tert-OH is 3. The van der Waals surface area contributed by atoms with Crippen LogP contribution in [-0.4, -0.2) is 350 Å². The Morgan fingerprint density at radius 1 is 0.402 bits per heavy atom. The summed E-state index contributed by atoms with van der Waals surface area (Å²) in [5.41, 5.74) is 56.2. The molecule has 0 aliphatic carbocycles. The molecule has 12 unspecified atom stereocenters. The van der Waals surface area contributed by atoms with Gasteiger partial charge in [-0.3, -0.25) is 39.2 Å². The number of carbonyl (C=O) groups is 3. The summed E-state index contributed by atoms with van der Waals surface area (Å²) in [6, 6.07) is 0.818. The van der Waals surface area contributed by atoms with Gasteiger partial charge in [0.2, 0.25) is 17.7 Å². The molecule has 628 valence electrons. The third-order valence-corrected chi connectivity index (χ3v) is 19.7. The maximum atomic E-state index is 11.9. The molecule has 37 nitrogen and oxygen atoms in total. The number of carbonyl (C=O) groups excluding carboxylic acids is 3. The van der Waals surface area contributed by atoms with Crippen LogP contribution in [0.1, 0.15) is 117 Å². The Bertz CT molecular complexity index is 2270. The average molecular weight is 1530 g/mol. The number of aliphatic imine (C=N–C) groups is 3. The molecule has 3 amide bonds. The van der Waals surface area contributed by atoms with Gasteiger partial charge < -0.3 is 158 Å². The Morgan fingerprint density at radius 3 is 1.26 bits per heavy atom. The van der Waals surface area contributed by atoms with Gasteiger partial charge in [0.15, 0.2) is 17.9 Å². The molecule has 39 N–H and O–H groups in total. The van der Waals surface area contributed by atoms with Crippen molar-refractivity contribution in [1.82, 2.24) is 94.9 Å². The van der Waals surface area contributed by atoms with Gasteiger partial charge in [0, 0.05) is 268 Å². The molecule has 12 atom stereocenters. The number of amides is 3. The third kappa shape index (κ3) is 54.6. The number of likely N-dealkylation sites (N-methyl/N-ethyl adjacent to an activating group) is 1. The van der Waals surface area contributed by atoms with Gasteiger partial charge >= 0.3 is 0 Å². The van der Waals surface area contributed by atoms with Gasteiger partial charge in [-0.05, 0) is 110 Å². The van der Waals surface area contributed by atoms with Crippen molar-refractivity contribution >= 4 is 35.6 Å². The molecule has 0 spiro atoms. The van der Waals surface area contributed by atoms with Gasteiger partial charge in [0.05, 0.1) is 19.8 Å². The fourth-order valence-electron chi connectivity index (χ4n) is 13.6. The lowest BCUT2D eigenvalue weighted by Crippen LogP contribution is -2.52. The maximum absolute atomic E-state index is 11.9. The smallest absolute Gasteiger partial charge is 0.219 e. The number of nitrogens with one attached hydrogen (secondary N) is 16. The van der Waals surface area contributed by atoms with Crippen molar-refractivity contribution in [2.75, 3.05) is 217 Å². The molecule has 2 aliphatic rings. The number of nitrogens with two attached hydrogens (primary N) is 10. The van der Waals surface area contributed by atoms with E-state index in [0.717, 1.165) is 188 Å². The van der Waals surface area contributed by atoms with Crippen molar-refractivity contribution in [2.24, 2.45) is 78.2 Å². The first kappa shape index (κ1) is 98.4. The van der Waals surface area contributed by atoms with Gasteiger partial charge in [0.1, 0.15) is 0 Å². The van der Waals surface area contributed by atoms with E-state index in [1.54, 1.807) is 0 Å². The van der Waals surface area contributed by atoms with Crippen molar-refractivity contribution in [1.29, 1.82) is 0 Å². The monoisotopic (exact) mass is 1530 g/mol. The summed E-state index contributed by atoms with van der Waals surface area (Å²) in [7, 11) is 1.87. The molecule has 2 rings (SSSR count). The Hall–Kier alpha value is -4.66. The van der Waals surface area contributed by atoms with Crippen LogP contribution in [0.5, 0.6) is 0 Å². The number of hydrogen-bond acceptors (Lipinski definition) is 28. The summed E-state index contributed by atoms with van der Waals surface area (Å²) >= 11 is 0. The lowest BCUT2D eigenvalue weighted by molar-refractivity contribution is -0.119. The van der Waals surface area contributed by atoms with Crippen LogP contribution in [0.3, 0.4) is 0 Å². The van der Waals surface area contributed by atoms with E-state index in [-0.39, 0.29) is 123 Å². The molecule has 0 bridgehead atoms. The largest absolute Gasteiger partial charge is 0.395 e. The van der Waals surface area contributed by atoms with Crippen LogP contribution < -0.4 is 142 Å². The topological polar surface area (TPSA) is 608 Å². The van der Waals surface area contributed by atoms with Crippen LogP contribution >= 0.6 is 0 Å². The Balaban J connectivity index is 1.76. The van der Waals surface area contributed by atoms with E-state index in [9.17, 15) is 29.7 Å². The molecule has 2 aliphatic heterocycles. The second-order valence-corrected chi connectivity index (χ2v) is 29.5. The van der Waals surface area contributed by atoms with Crippen LogP contribution in [0.2, 0.25) is 0 Å². The number of hydrogen-bond donors (Lipinski definition) is 29. The van der Waals surface area contributed by atoms with E-state index in [2.05, 4.69) is 124 Å². The predicted octanol–water partition coefficient (Wildman–Crippen LogP) is -9.79. The van der Waals surface area contributed by atoms with Gasteiger partial charge in [0.25, 0.3) is 0 Å². The van der Waals surface area contributed by atoms with Crippen LogP contribution in [0.25, 0.3) is 0 Å². The summed E-state index contributed by atoms with van der Waals surface area (Å²) in [4.78, 5) is 52.5. The Labute approximate surface area is 641 Å². The first-order chi connectivity index (χ1) is 51.7. The number of rotatable bonds is 76. The molecule has 37 heteroatoms. The highest BCUT2D eigenvalue weighted by molar-refractivity contribution is 5.76. The van der Waals surface area contributed by atoms with Crippen molar-refractivity contribution in [2.45, 2.75) is 189 Å². The zero-order valence-corrected chi connectivity index (χ0v) is 66.0. The summed E-state index contributed by atoms with van der Waals surface area (Å²) in [5.74, 6) is -0.269. The summed E-state index contributed by atoms with van der Waals surface area (Å²) in [6.07, 6.45) is 12.4. The number of aliphatic hydroxyl groups is 3. The quantitative estimate of drug-likeness (QED) is 0.0153. The zero-order valence-electron chi connectivity index (χ0n) is 66.0. The predicted molar refractivity (Wildman–Crippen MR) is 436 cm³/mol. The minimum absolute atomic E-state index is 0.0350. The molecule has 107 heavy (non-hydrogen) atoms. The van der Waals surface area contributed by atoms with E-state index in [1.807, 2.05) is 7.05 Å². The van der Waals surface area contributed by atoms with Gasteiger partial charge in [-0.25, -0.2) is 0 Å². The highest BCUT2D eigenvalue weighted by atomic mass is 16.3. The minimum atomic E-state index is -0.390. The molecule has 0 saturated carbocycles. The van der Waals surface area contributed by atoms with Gasteiger partial charge in [-0.2, -0.15) is 0 Å². The lowest BCUT2D eigenvalue weighted by atomic mass is 10.0. The van der Waals surface area contributed by atoms with E-state index >= 15 is 0 Å². The highest BCUT2D eigenvalue weighted by Crippen LogP contribution is 2.20. The van der Waals surface area contributed by atoms with E-state index in [1.165, 1.54) is 0 Å². The van der Waals surface area contributed by atoms with Gasteiger partial charge in [-0.15, -0.1) is 0 Å². The maximum Gasteiger partial charge on any atom is 0.219 e. The fraction of sp³-hybridized carbons (Fsp3) is 0.914. The van der Waals surface area contributed by atoms with Crippen LogP contribution in [0.15, 0.2) is 15.0 Å². The van der Waals surface area contributed by atoms with Crippen molar-refractivity contribution < 1.29 is 29.7 Å². The SMILES string of the molecule is CNC(CCC(N)=O)CNC(CO)CN1CCCC1CNCCNCCNC(CO)CNC(CCC(N)=O)CNC(CO)CNC(CCCN=C(N)N)CNCCNCCNCCNC(CNCCNC(CCCN=C(N)N)CN1CCCC1CNC(CCCN=C(N)N)CNC(CN)CC(N)=O)CC(C)C. The molecule has 2 saturated heterocycles. The van der Waals surface area contributed by atoms with Crippen LogP contribution in [0.4, 0.5) is 0 Å². The molecule has 0 aromatic rings. The van der Waals surface area contributed by atoms with E-state index in [4.69, 9.17) is 57.3 Å². The number of likely N-dealkylation sites (tertiary alicyclic amines) is 2. The summed E-state index contributed by atoms with van der Waals surface area (Å²) in [6.45, 7) is 25.7. The molecule has 0 radical (unpaired) electrons. The third-order valence-electron chi connectivity index (χ3n) is 19.7. The van der Waals surface area contributed by atoms with E-state index < -0.39 is 0 Å². The first-order valence-electron chi connectivity index (χ1n) is 40.2. The molecule has 2 heterocycles. The van der Waals surface area contributed by atoms with Crippen molar-refractivity contribution in [3.8, 4) is 0 Å². The highest BCUT2D eigenvalue weighted by Gasteiger charge is 2.29. The second-order valence-electron chi connectivity index (χ2n) is 29.5. The molecular weight excluding hydrogens is 1370 g/mol. The van der Waals surface area contributed by atoms with Crippen molar-refractivity contribution in [3.05, 3.63) is 0 Å². The zero-order chi connectivity index (χ0) is 78.5. The molecular formula is C70H157N31O6. The normalized spacial score (nSPS) is 17.8. The summed E-state index contributed by atoms with van der Waals surface area (Å²) in [5, 5.41) is 88.1. The van der Waals surface area contributed by atoms with Crippen LogP contribution in [0, 0.1) is 5.92 Å². The summed E-state index contributed by atoms with van der Waals surface area (Å²) < 4.78 is 0. The minimum Gasteiger partial charge on any atom is -0.395 e. The Kier molecular flexibility index (Phi) is 59.7. The lowest BCUT2D eigenvalue weighted by Gasteiger charge is -2.31. The molecule has 0 aromatic heterocycles. The van der Waals surface area contributed by atoms with Crippen molar-refractivity contribution in [3.63, 3.8) is 0 Å². The van der Waals surface area contributed by atoms with Crippen LogP contribution in [-0.2, 0) is 14.4 Å². The van der Waals surface area contributed by atoms with Gasteiger partial charge in [-0.1, -0.05) is 13.8 Å².